The summed E-state index contributed by atoms with van der Waals surface area (Å²) in [6, 6.07) is 7.68. The van der Waals surface area contributed by atoms with Crippen molar-refractivity contribution < 1.29 is 0 Å². The second kappa shape index (κ2) is 7.62. The van der Waals surface area contributed by atoms with Crippen molar-refractivity contribution in [1.82, 2.24) is 9.97 Å². The number of unbranched alkanes of at least 4 members (excludes halogenated alkanes) is 3. The van der Waals surface area contributed by atoms with Crippen LogP contribution in [0, 0.1) is 6.92 Å². The molecule has 0 aliphatic heterocycles. The molecule has 0 saturated carbocycles. The molecule has 112 valence electrons. The first-order valence-corrected chi connectivity index (χ1v) is 7.61. The average Bonchev–Trinajstić information content (AvgIpc) is 2.50. The molecule has 4 nitrogen and oxygen atoms in total. The van der Waals surface area contributed by atoms with E-state index in [9.17, 15) is 4.79 Å². The van der Waals surface area contributed by atoms with Crippen LogP contribution in [0.4, 0.5) is 5.69 Å². The highest BCUT2D eigenvalue weighted by Gasteiger charge is 2.08. The van der Waals surface area contributed by atoms with Crippen LogP contribution in [-0.4, -0.2) is 16.5 Å². The van der Waals surface area contributed by atoms with Crippen LogP contribution in [0.15, 0.2) is 35.3 Å². The first-order valence-electron chi connectivity index (χ1n) is 7.61. The minimum atomic E-state index is -0.0670. The zero-order valence-corrected chi connectivity index (χ0v) is 12.8. The Morgan fingerprint density at radius 3 is 2.81 bits per heavy atom. The molecular formula is C17H23N3O. The van der Waals surface area contributed by atoms with Crippen molar-refractivity contribution in [2.45, 2.75) is 39.5 Å². The zero-order valence-electron chi connectivity index (χ0n) is 12.8. The maximum atomic E-state index is 12.0. The van der Waals surface area contributed by atoms with E-state index < -0.39 is 0 Å². The highest BCUT2D eigenvalue weighted by atomic mass is 16.1. The number of aromatic nitrogens is 2. The Morgan fingerprint density at radius 1 is 1.24 bits per heavy atom. The van der Waals surface area contributed by atoms with Crippen LogP contribution < -0.4 is 10.9 Å². The van der Waals surface area contributed by atoms with E-state index in [1.165, 1.54) is 19.3 Å². The van der Waals surface area contributed by atoms with Gasteiger partial charge in [0.25, 0.3) is 5.56 Å². The minimum Gasteiger partial charge on any atom is -0.381 e. The Labute approximate surface area is 125 Å². The lowest BCUT2D eigenvalue weighted by Gasteiger charge is -2.10. The van der Waals surface area contributed by atoms with Gasteiger partial charge in [0, 0.05) is 24.0 Å². The molecule has 2 heterocycles. The van der Waals surface area contributed by atoms with E-state index in [1.54, 1.807) is 6.20 Å². The summed E-state index contributed by atoms with van der Waals surface area (Å²) in [6.07, 6.45) is 6.50. The number of aromatic amines is 1. The van der Waals surface area contributed by atoms with Crippen molar-refractivity contribution in [2.24, 2.45) is 0 Å². The fraction of sp³-hybridized carbons (Fsp3) is 0.412. The summed E-state index contributed by atoms with van der Waals surface area (Å²) in [6.45, 7) is 4.92. The van der Waals surface area contributed by atoms with Crippen LogP contribution in [0.2, 0.25) is 0 Å². The zero-order chi connectivity index (χ0) is 15.1. The lowest BCUT2D eigenvalue weighted by Crippen LogP contribution is -2.16. The van der Waals surface area contributed by atoms with Crippen LogP contribution in [0.1, 0.15) is 38.3 Å². The topological polar surface area (TPSA) is 57.8 Å². The SMILES string of the molecule is CCCCCCNc1cc(-c2ccccn2)c(C)[nH]c1=O. The largest absolute Gasteiger partial charge is 0.381 e. The van der Waals surface area contributed by atoms with Gasteiger partial charge in [0.05, 0.1) is 5.69 Å². The van der Waals surface area contributed by atoms with Crippen LogP contribution in [0.25, 0.3) is 11.3 Å². The Balaban J connectivity index is 2.14. The molecule has 0 unspecified atom stereocenters. The lowest BCUT2D eigenvalue weighted by molar-refractivity contribution is 0.685. The van der Waals surface area contributed by atoms with E-state index in [0.717, 1.165) is 29.9 Å². The first-order chi connectivity index (χ1) is 10.2. The van der Waals surface area contributed by atoms with Gasteiger partial charge in [0.15, 0.2) is 0 Å². The molecule has 0 aliphatic rings. The summed E-state index contributed by atoms with van der Waals surface area (Å²) < 4.78 is 0. The number of nitrogens with one attached hydrogen (secondary N) is 2. The predicted molar refractivity (Wildman–Crippen MR) is 87.7 cm³/mol. The van der Waals surface area contributed by atoms with Crippen molar-refractivity contribution in [3.8, 4) is 11.3 Å². The van der Waals surface area contributed by atoms with Gasteiger partial charge in [-0.15, -0.1) is 0 Å². The van der Waals surface area contributed by atoms with Crippen LogP contribution in [0.3, 0.4) is 0 Å². The number of H-pyrrole nitrogens is 1. The first kappa shape index (κ1) is 15.3. The summed E-state index contributed by atoms with van der Waals surface area (Å²) >= 11 is 0. The average molecular weight is 285 g/mol. The minimum absolute atomic E-state index is 0.0670. The van der Waals surface area contributed by atoms with Crippen molar-refractivity contribution >= 4 is 5.69 Å². The molecule has 2 aromatic heterocycles. The molecule has 0 aliphatic carbocycles. The molecule has 0 radical (unpaired) electrons. The van der Waals surface area contributed by atoms with Crippen molar-refractivity contribution in [3.63, 3.8) is 0 Å². The molecule has 21 heavy (non-hydrogen) atoms. The number of hydrogen-bond acceptors (Lipinski definition) is 3. The fourth-order valence-electron chi connectivity index (χ4n) is 2.32. The third kappa shape index (κ3) is 4.18. The van der Waals surface area contributed by atoms with Gasteiger partial charge in [-0.1, -0.05) is 32.3 Å². The van der Waals surface area contributed by atoms with E-state index in [1.807, 2.05) is 31.2 Å². The van der Waals surface area contributed by atoms with E-state index in [2.05, 4.69) is 22.2 Å². The fourth-order valence-corrected chi connectivity index (χ4v) is 2.32. The van der Waals surface area contributed by atoms with Crippen molar-refractivity contribution in [1.29, 1.82) is 0 Å². The van der Waals surface area contributed by atoms with Gasteiger partial charge < -0.3 is 10.3 Å². The van der Waals surface area contributed by atoms with E-state index in [0.29, 0.717) is 5.69 Å². The van der Waals surface area contributed by atoms with E-state index in [4.69, 9.17) is 0 Å². The third-order valence-corrected chi connectivity index (χ3v) is 3.52. The Bertz CT molecular complexity index is 620. The van der Waals surface area contributed by atoms with Gasteiger partial charge in [-0.25, -0.2) is 0 Å². The second-order valence-corrected chi connectivity index (χ2v) is 5.25. The smallest absolute Gasteiger partial charge is 0.271 e. The monoisotopic (exact) mass is 285 g/mol. The van der Waals surface area contributed by atoms with Gasteiger partial charge in [-0.05, 0) is 31.5 Å². The quantitative estimate of drug-likeness (QED) is 0.762. The maximum absolute atomic E-state index is 12.0. The highest BCUT2D eigenvalue weighted by Crippen LogP contribution is 2.20. The van der Waals surface area contributed by atoms with Gasteiger partial charge in [0.1, 0.15) is 5.69 Å². The molecule has 0 fully saturated rings. The second-order valence-electron chi connectivity index (χ2n) is 5.25. The van der Waals surface area contributed by atoms with Gasteiger partial charge in [-0.3, -0.25) is 9.78 Å². The van der Waals surface area contributed by atoms with Crippen LogP contribution in [-0.2, 0) is 0 Å². The van der Waals surface area contributed by atoms with Crippen LogP contribution >= 0.6 is 0 Å². The third-order valence-electron chi connectivity index (χ3n) is 3.52. The number of aryl methyl sites for hydroxylation is 1. The van der Waals surface area contributed by atoms with Gasteiger partial charge >= 0.3 is 0 Å². The lowest BCUT2D eigenvalue weighted by atomic mass is 10.1. The van der Waals surface area contributed by atoms with Gasteiger partial charge in [0.2, 0.25) is 0 Å². The van der Waals surface area contributed by atoms with E-state index >= 15 is 0 Å². The number of nitrogens with zero attached hydrogens (tertiary/aromatic N) is 1. The maximum Gasteiger partial charge on any atom is 0.271 e. The summed E-state index contributed by atoms with van der Waals surface area (Å²) in [5.41, 5.74) is 3.24. The number of hydrogen-bond donors (Lipinski definition) is 2. The Hall–Kier alpha value is -2.10. The molecular weight excluding hydrogens is 262 g/mol. The summed E-state index contributed by atoms with van der Waals surface area (Å²) in [4.78, 5) is 19.3. The molecule has 0 spiro atoms. The Kier molecular flexibility index (Phi) is 5.55. The normalized spacial score (nSPS) is 10.6. The molecule has 0 bridgehead atoms. The molecule has 4 heteroatoms. The van der Waals surface area contributed by atoms with Crippen molar-refractivity contribution in [3.05, 3.63) is 46.5 Å². The van der Waals surface area contributed by atoms with E-state index in [-0.39, 0.29) is 5.56 Å². The summed E-state index contributed by atoms with van der Waals surface area (Å²) in [7, 11) is 0. The van der Waals surface area contributed by atoms with Crippen molar-refractivity contribution in [2.75, 3.05) is 11.9 Å². The Morgan fingerprint density at radius 2 is 2.10 bits per heavy atom. The molecule has 0 atom stereocenters. The predicted octanol–water partition coefficient (Wildman–Crippen LogP) is 3.74. The molecule has 0 amide bonds. The summed E-state index contributed by atoms with van der Waals surface area (Å²) in [5.74, 6) is 0. The summed E-state index contributed by atoms with van der Waals surface area (Å²) in [5, 5.41) is 3.24. The highest BCUT2D eigenvalue weighted by molar-refractivity contribution is 5.66. The van der Waals surface area contributed by atoms with Gasteiger partial charge in [-0.2, -0.15) is 0 Å². The molecule has 2 aromatic rings. The standard InChI is InChI=1S/C17H23N3O/c1-3-4-5-7-10-19-16-12-14(13(2)20-17(16)21)15-9-6-8-11-18-15/h6,8-9,11-12,19H,3-5,7,10H2,1-2H3,(H,20,21). The van der Waals surface area contributed by atoms with Crippen LogP contribution in [0.5, 0.6) is 0 Å². The number of pyridine rings is 2. The molecule has 0 saturated heterocycles. The molecule has 0 aromatic carbocycles. The number of anilines is 1. The molecule has 2 rings (SSSR count). The number of rotatable bonds is 7. The molecule has 2 N–H and O–H groups in total.